The molecular weight excluding hydrogens is 273 g/mol. The molecule has 0 radical (unpaired) electrons. The second kappa shape index (κ2) is 6.03. The van der Waals surface area contributed by atoms with Gasteiger partial charge in [-0.05, 0) is 45.2 Å². The summed E-state index contributed by atoms with van der Waals surface area (Å²) in [5.74, 6) is -0.230. The molecule has 1 nitrogen and oxygen atoms in total. The summed E-state index contributed by atoms with van der Waals surface area (Å²) in [6.07, 6.45) is 5.65. The van der Waals surface area contributed by atoms with Gasteiger partial charge in [-0.3, -0.25) is 0 Å². The van der Waals surface area contributed by atoms with Crippen molar-refractivity contribution < 1.29 is 4.39 Å². The fourth-order valence-electron chi connectivity index (χ4n) is 3.12. The molecule has 3 heteroatoms. The lowest BCUT2D eigenvalue weighted by Crippen LogP contribution is -2.47. The number of nitrogens with one attached hydrogen (secondary N) is 1. The van der Waals surface area contributed by atoms with E-state index in [-0.39, 0.29) is 21.8 Å². The fraction of sp³-hybridized carbons (Fsp3) is 0.647. The van der Waals surface area contributed by atoms with Gasteiger partial charge in [0.05, 0.1) is 5.02 Å². The Hall–Kier alpha value is -0.600. The molecule has 1 saturated carbocycles. The van der Waals surface area contributed by atoms with Crippen LogP contribution < -0.4 is 5.32 Å². The predicted molar refractivity (Wildman–Crippen MR) is 83.9 cm³/mol. The van der Waals surface area contributed by atoms with Crippen molar-refractivity contribution in [3.05, 3.63) is 34.6 Å². The van der Waals surface area contributed by atoms with Crippen molar-refractivity contribution >= 4 is 11.6 Å². The summed E-state index contributed by atoms with van der Waals surface area (Å²) in [6, 6.07) is 5.42. The summed E-state index contributed by atoms with van der Waals surface area (Å²) >= 11 is 5.99. The van der Waals surface area contributed by atoms with Gasteiger partial charge in [-0.15, -0.1) is 0 Å². The third-order valence-corrected chi connectivity index (χ3v) is 4.58. The maximum absolute atomic E-state index is 14.5. The first-order valence-electron chi connectivity index (χ1n) is 7.54. The maximum atomic E-state index is 14.5. The van der Waals surface area contributed by atoms with Gasteiger partial charge in [-0.1, -0.05) is 43.0 Å². The van der Waals surface area contributed by atoms with Crippen molar-refractivity contribution in [2.75, 3.05) is 6.54 Å². The first-order chi connectivity index (χ1) is 9.34. The molecule has 2 rings (SSSR count). The van der Waals surface area contributed by atoms with E-state index in [1.54, 1.807) is 6.07 Å². The van der Waals surface area contributed by atoms with Crippen LogP contribution in [-0.4, -0.2) is 12.1 Å². The van der Waals surface area contributed by atoms with Gasteiger partial charge in [-0.2, -0.15) is 0 Å². The lowest BCUT2D eigenvalue weighted by Gasteiger charge is -2.40. The number of benzene rings is 1. The van der Waals surface area contributed by atoms with Crippen LogP contribution in [0.4, 0.5) is 4.39 Å². The van der Waals surface area contributed by atoms with E-state index in [1.807, 2.05) is 12.1 Å². The van der Waals surface area contributed by atoms with Crippen molar-refractivity contribution in [2.45, 2.75) is 63.8 Å². The van der Waals surface area contributed by atoms with Crippen LogP contribution in [0.2, 0.25) is 5.02 Å². The number of rotatable bonds is 3. The molecule has 0 unspecified atom stereocenters. The average molecular weight is 298 g/mol. The molecule has 1 aliphatic carbocycles. The van der Waals surface area contributed by atoms with Gasteiger partial charge >= 0.3 is 0 Å². The Labute approximate surface area is 126 Å². The Balaban J connectivity index is 2.33. The van der Waals surface area contributed by atoms with E-state index in [0.717, 1.165) is 37.8 Å². The molecule has 0 spiro atoms. The third-order valence-electron chi connectivity index (χ3n) is 4.29. The summed E-state index contributed by atoms with van der Waals surface area (Å²) in [6.45, 7) is 7.27. The average Bonchev–Trinajstić information content (AvgIpc) is 2.40. The monoisotopic (exact) mass is 297 g/mol. The Bertz CT molecular complexity index is 459. The molecule has 1 N–H and O–H groups in total. The van der Waals surface area contributed by atoms with Crippen LogP contribution in [-0.2, 0) is 5.41 Å². The van der Waals surface area contributed by atoms with Gasteiger partial charge in [0.25, 0.3) is 0 Å². The van der Waals surface area contributed by atoms with Gasteiger partial charge in [0.2, 0.25) is 0 Å². The fourth-order valence-corrected chi connectivity index (χ4v) is 3.29. The molecule has 0 aromatic heterocycles. The zero-order valence-electron chi connectivity index (χ0n) is 12.7. The highest BCUT2D eigenvalue weighted by Crippen LogP contribution is 2.41. The van der Waals surface area contributed by atoms with Crippen molar-refractivity contribution in [1.29, 1.82) is 0 Å². The van der Waals surface area contributed by atoms with Gasteiger partial charge in [0.1, 0.15) is 5.82 Å². The largest absolute Gasteiger partial charge is 0.311 e. The minimum Gasteiger partial charge on any atom is -0.311 e. The van der Waals surface area contributed by atoms with E-state index in [9.17, 15) is 4.39 Å². The van der Waals surface area contributed by atoms with E-state index in [1.165, 1.54) is 6.42 Å². The van der Waals surface area contributed by atoms with E-state index in [0.29, 0.717) is 0 Å². The molecular formula is C17H25ClFN. The number of halogens is 2. The van der Waals surface area contributed by atoms with Crippen molar-refractivity contribution in [3.63, 3.8) is 0 Å². The summed E-state index contributed by atoms with van der Waals surface area (Å²) in [4.78, 5) is 0. The molecule has 0 aliphatic heterocycles. The normalized spacial score (nSPS) is 19.1. The Kier molecular flexibility index (Phi) is 4.76. The first kappa shape index (κ1) is 15.8. The van der Waals surface area contributed by atoms with E-state index < -0.39 is 0 Å². The number of hydrogen-bond donors (Lipinski definition) is 1. The highest BCUT2D eigenvalue weighted by atomic mass is 35.5. The Morgan fingerprint density at radius 3 is 2.45 bits per heavy atom. The van der Waals surface area contributed by atoms with E-state index >= 15 is 0 Å². The minimum atomic E-state index is -0.230. The van der Waals surface area contributed by atoms with Crippen LogP contribution in [0.3, 0.4) is 0 Å². The van der Waals surface area contributed by atoms with Crippen molar-refractivity contribution in [3.8, 4) is 0 Å². The Morgan fingerprint density at radius 1 is 1.20 bits per heavy atom. The molecule has 0 saturated heterocycles. The van der Waals surface area contributed by atoms with Crippen molar-refractivity contribution in [2.24, 2.45) is 0 Å². The molecule has 1 aromatic rings. The third kappa shape index (κ3) is 3.53. The summed E-state index contributed by atoms with van der Waals surface area (Å²) < 4.78 is 14.5. The maximum Gasteiger partial charge on any atom is 0.145 e. The summed E-state index contributed by atoms with van der Waals surface area (Å²) in [5, 5.41) is 3.81. The quantitative estimate of drug-likeness (QED) is 0.821. The smallest absolute Gasteiger partial charge is 0.145 e. The highest BCUT2D eigenvalue weighted by Gasteiger charge is 2.37. The van der Waals surface area contributed by atoms with Crippen LogP contribution >= 0.6 is 11.6 Å². The van der Waals surface area contributed by atoms with Crippen LogP contribution in [0, 0.1) is 5.82 Å². The molecule has 0 heterocycles. The lowest BCUT2D eigenvalue weighted by atomic mass is 9.69. The van der Waals surface area contributed by atoms with Crippen molar-refractivity contribution in [1.82, 2.24) is 5.32 Å². The molecule has 20 heavy (non-hydrogen) atoms. The van der Waals surface area contributed by atoms with Crippen LogP contribution in [0.15, 0.2) is 18.2 Å². The standard InChI is InChI=1S/C17H25ClFN/c1-16(2,3)20-12-17(10-5-4-6-11-17)13-8-7-9-14(18)15(13)19/h7-9,20H,4-6,10-12H2,1-3H3. The van der Waals surface area contributed by atoms with Gasteiger partial charge < -0.3 is 5.32 Å². The molecule has 1 aliphatic rings. The predicted octanol–water partition coefficient (Wildman–Crippen LogP) is 5.07. The van der Waals surface area contributed by atoms with Crippen LogP contribution in [0.5, 0.6) is 0 Å². The first-order valence-corrected chi connectivity index (χ1v) is 7.91. The molecule has 0 amide bonds. The summed E-state index contributed by atoms with van der Waals surface area (Å²) in [7, 11) is 0. The zero-order chi connectivity index (χ0) is 14.8. The second-order valence-corrected chi connectivity index (χ2v) is 7.45. The zero-order valence-corrected chi connectivity index (χ0v) is 13.5. The molecule has 1 aromatic carbocycles. The highest BCUT2D eigenvalue weighted by molar-refractivity contribution is 6.30. The van der Waals surface area contributed by atoms with Gasteiger partial charge in [-0.25, -0.2) is 4.39 Å². The van der Waals surface area contributed by atoms with Crippen LogP contribution in [0.1, 0.15) is 58.4 Å². The topological polar surface area (TPSA) is 12.0 Å². The van der Waals surface area contributed by atoms with E-state index in [2.05, 4.69) is 26.1 Å². The SMILES string of the molecule is CC(C)(C)NCC1(c2cccc(Cl)c2F)CCCCC1. The van der Waals surface area contributed by atoms with Gasteiger partial charge in [0.15, 0.2) is 0 Å². The molecule has 112 valence electrons. The van der Waals surface area contributed by atoms with Gasteiger partial charge in [0, 0.05) is 17.5 Å². The number of hydrogen-bond acceptors (Lipinski definition) is 1. The minimum absolute atomic E-state index is 0.0412. The second-order valence-electron chi connectivity index (χ2n) is 7.05. The lowest BCUT2D eigenvalue weighted by molar-refractivity contribution is 0.247. The van der Waals surface area contributed by atoms with Crippen LogP contribution in [0.25, 0.3) is 0 Å². The summed E-state index contributed by atoms with van der Waals surface area (Å²) in [5.41, 5.74) is 0.724. The molecule has 0 bridgehead atoms. The van der Waals surface area contributed by atoms with E-state index in [4.69, 9.17) is 11.6 Å². The Morgan fingerprint density at radius 2 is 1.85 bits per heavy atom. The molecule has 0 atom stereocenters. The molecule has 1 fully saturated rings.